The van der Waals surface area contributed by atoms with Crippen molar-refractivity contribution in [1.82, 2.24) is 0 Å². The average molecular weight is 336 g/mol. The van der Waals surface area contributed by atoms with Crippen LogP contribution in [0.25, 0.3) is 0 Å². The summed E-state index contributed by atoms with van der Waals surface area (Å²) in [5.41, 5.74) is 2.89. The average Bonchev–Trinajstić information content (AvgIpc) is 2.39. The highest BCUT2D eigenvalue weighted by Gasteiger charge is 2.05. The Labute approximate surface area is 117 Å². The molecule has 0 bridgehead atoms. The molecule has 0 heterocycles. The summed E-state index contributed by atoms with van der Waals surface area (Å²) in [5, 5.41) is 0. The van der Waals surface area contributed by atoms with Gasteiger partial charge in [0.2, 0.25) is 0 Å². The summed E-state index contributed by atoms with van der Waals surface area (Å²) >= 11 is 2.57. The van der Waals surface area contributed by atoms with Gasteiger partial charge in [0.05, 0.1) is 0 Å². The molecule has 2 aromatic rings. The number of aryl methyl sites for hydroxylation is 1. The molecule has 0 nitrogen and oxygen atoms in total. The molecule has 0 aliphatic carbocycles. The molecule has 1 unspecified atom stereocenters. The smallest absolute Gasteiger partial charge is 0.0153 e. The molecular formula is C16H17I. The van der Waals surface area contributed by atoms with Crippen LogP contribution in [0.5, 0.6) is 0 Å². The molecule has 2 aromatic carbocycles. The van der Waals surface area contributed by atoms with Gasteiger partial charge in [0.15, 0.2) is 0 Å². The van der Waals surface area contributed by atoms with E-state index in [0.717, 1.165) is 3.92 Å². The molecule has 0 aliphatic heterocycles. The summed E-state index contributed by atoms with van der Waals surface area (Å²) in [6.07, 6.45) is 3.61. The summed E-state index contributed by atoms with van der Waals surface area (Å²) in [6, 6.07) is 21.5. The van der Waals surface area contributed by atoms with Crippen LogP contribution < -0.4 is 0 Å². The largest absolute Gasteiger partial charge is 0.0822 e. The van der Waals surface area contributed by atoms with Crippen molar-refractivity contribution < 1.29 is 0 Å². The van der Waals surface area contributed by atoms with Gasteiger partial charge >= 0.3 is 0 Å². The summed E-state index contributed by atoms with van der Waals surface area (Å²) in [7, 11) is 0. The molecule has 0 saturated heterocycles. The van der Waals surface area contributed by atoms with Crippen molar-refractivity contribution in [2.75, 3.05) is 0 Å². The Morgan fingerprint density at radius 1 is 0.765 bits per heavy atom. The predicted molar refractivity (Wildman–Crippen MR) is 82.7 cm³/mol. The lowest BCUT2D eigenvalue weighted by molar-refractivity contribution is 0.775. The van der Waals surface area contributed by atoms with Gasteiger partial charge in [-0.3, -0.25) is 0 Å². The molecule has 0 fully saturated rings. The van der Waals surface area contributed by atoms with Gasteiger partial charge in [0, 0.05) is 3.92 Å². The molecule has 88 valence electrons. The molecule has 0 N–H and O–H groups in total. The molecule has 0 aromatic heterocycles. The highest BCUT2D eigenvalue weighted by Crippen LogP contribution is 2.16. The van der Waals surface area contributed by atoms with Crippen LogP contribution in [-0.4, -0.2) is 3.92 Å². The minimum Gasteiger partial charge on any atom is -0.0822 e. The molecule has 2 rings (SSSR count). The Morgan fingerprint density at radius 3 is 1.88 bits per heavy atom. The normalized spacial score (nSPS) is 12.3. The number of hydrogen-bond acceptors (Lipinski definition) is 0. The van der Waals surface area contributed by atoms with Crippen molar-refractivity contribution in [3.63, 3.8) is 0 Å². The van der Waals surface area contributed by atoms with Gasteiger partial charge < -0.3 is 0 Å². The van der Waals surface area contributed by atoms with Crippen LogP contribution in [0.2, 0.25) is 0 Å². The molecule has 1 heteroatoms. The Bertz CT molecular complexity index is 422. The zero-order chi connectivity index (χ0) is 11.9. The van der Waals surface area contributed by atoms with Crippen molar-refractivity contribution in [1.29, 1.82) is 0 Å². The van der Waals surface area contributed by atoms with E-state index in [-0.39, 0.29) is 0 Å². The van der Waals surface area contributed by atoms with Crippen LogP contribution in [0.3, 0.4) is 0 Å². The third kappa shape index (κ3) is 4.50. The SMILES string of the molecule is IC(CCc1ccccc1)Cc1ccccc1. The van der Waals surface area contributed by atoms with Crippen LogP contribution >= 0.6 is 22.6 Å². The van der Waals surface area contributed by atoms with E-state index < -0.39 is 0 Å². The van der Waals surface area contributed by atoms with Crippen LogP contribution in [0, 0.1) is 0 Å². The van der Waals surface area contributed by atoms with E-state index in [1.807, 2.05) is 0 Å². The fourth-order valence-corrected chi connectivity index (χ4v) is 2.76. The number of alkyl halides is 1. The van der Waals surface area contributed by atoms with E-state index in [9.17, 15) is 0 Å². The molecule has 17 heavy (non-hydrogen) atoms. The van der Waals surface area contributed by atoms with Gasteiger partial charge in [0.25, 0.3) is 0 Å². The molecule has 0 aliphatic rings. The first-order chi connectivity index (χ1) is 8.34. The molecule has 0 saturated carbocycles. The standard InChI is InChI=1S/C16H17I/c17-16(13-15-9-5-2-6-10-15)12-11-14-7-3-1-4-8-14/h1-10,16H,11-13H2. The summed E-state index contributed by atoms with van der Waals surface area (Å²) in [5.74, 6) is 0. The van der Waals surface area contributed by atoms with Gasteiger partial charge in [-0.25, -0.2) is 0 Å². The lowest BCUT2D eigenvalue weighted by Crippen LogP contribution is -2.04. The first-order valence-corrected chi connectivity index (χ1v) is 7.31. The fourth-order valence-electron chi connectivity index (χ4n) is 1.94. The van der Waals surface area contributed by atoms with E-state index in [0.29, 0.717) is 0 Å². The minimum absolute atomic E-state index is 0.718. The van der Waals surface area contributed by atoms with Crippen LogP contribution in [-0.2, 0) is 12.8 Å². The maximum Gasteiger partial charge on any atom is 0.0153 e. The lowest BCUT2D eigenvalue weighted by atomic mass is 10.0. The molecule has 0 spiro atoms. The number of benzene rings is 2. The van der Waals surface area contributed by atoms with Gasteiger partial charge in [-0.05, 0) is 30.4 Å². The fraction of sp³-hybridized carbons (Fsp3) is 0.250. The highest BCUT2D eigenvalue weighted by molar-refractivity contribution is 14.1. The van der Waals surface area contributed by atoms with Gasteiger partial charge in [-0.15, -0.1) is 0 Å². The van der Waals surface area contributed by atoms with E-state index in [2.05, 4.69) is 83.3 Å². The van der Waals surface area contributed by atoms with E-state index in [1.54, 1.807) is 0 Å². The van der Waals surface area contributed by atoms with Crippen LogP contribution in [0.4, 0.5) is 0 Å². The minimum atomic E-state index is 0.718. The Hall–Kier alpha value is -0.830. The zero-order valence-electron chi connectivity index (χ0n) is 9.85. The van der Waals surface area contributed by atoms with Crippen molar-refractivity contribution in [2.24, 2.45) is 0 Å². The van der Waals surface area contributed by atoms with Crippen molar-refractivity contribution in [3.05, 3.63) is 71.8 Å². The molecule has 0 amide bonds. The van der Waals surface area contributed by atoms with E-state index in [1.165, 1.54) is 30.4 Å². The Kier molecular flexibility index (Phi) is 5.05. The lowest BCUT2D eigenvalue weighted by Gasteiger charge is -2.09. The van der Waals surface area contributed by atoms with Crippen molar-refractivity contribution in [2.45, 2.75) is 23.2 Å². The van der Waals surface area contributed by atoms with Gasteiger partial charge in [-0.1, -0.05) is 83.3 Å². The zero-order valence-corrected chi connectivity index (χ0v) is 12.0. The second kappa shape index (κ2) is 6.80. The highest BCUT2D eigenvalue weighted by atomic mass is 127. The van der Waals surface area contributed by atoms with E-state index >= 15 is 0 Å². The first-order valence-electron chi connectivity index (χ1n) is 6.06. The third-order valence-electron chi connectivity index (χ3n) is 2.89. The third-order valence-corrected chi connectivity index (χ3v) is 3.95. The quantitative estimate of drug-likeness (QED) is 0.550. The van der Waals surface area contributed by atoms with Crippen LogP contribution in [0.15, 0.2) is 60.7 Å². The summed E-state index contributed by atoms with van der Waals surface area (Å²) in [4.78, 5) is 0. The van der Waals surface area contributed by atoms with Crippen LogP contribution in [0.1, 0.15) is 17.5 Å². The van der Waals surface area contributed by atoms with Gasteiger partial charge in [0.1, 0.15) is 0 Å². The van der Waals surface area contributed by atoms with E-state index in [4.69, 9.17) is 0 Å². The Morgan fingerprint density at radius 2 is 1.29 bits per heavy atom. The molecule has 0 radical (unpaired) electrons. The molecular weight excluding hydrogens is 319 g/mol. The maximum absolute atomic E-state index is 2.57. The number of rotatable bonds is 5. The maximum atomic E-state index is 2.57. The first kappa shape index (κ1) is 12.6. The number of hydrogen-bond donors (Lipinski definition) is 0. The topological polar surface area (TPSA) is 0 Å². The summed E-state index contributed by atoms with van der Waals surface area (Å²) in [6.45, 7) is 0. The second-order valence-electron chi connectivity index (χ2n) is 4.31. The summed E-state index contributed by atoms with van der Waals surface area (Å²) < 4.78 is 0.718. The second-order valence-corrected chi connectivity index (χ2v) is 6.07. The monoisotopic (exact) mass is 336 g/mol. The van der Waals surface area contributed by atoms with Gasteiger partial charge in [-0.2, -0.15) is 0 Å². The predicted octanol–water partition coefficient (Wildman–Crippen LogP) is 4.67. The van der Waals surface area contributed by atoms with Crippen molar-refractivity contribution in [3.8, 4) is 0 Å². The van der Waals surface area contributed by atoms with Crippen molar-refractivity contribution >= 4 is 22.6 Å². The molecule has 1 atom stereocenters. The Balaban J connectivity index is 1.80. The number of halogens is 1.